The van der Waals surface area contributed by atoms with E-state index in [9.17, 15) is 9.18 Å². The molecule has 0 bridgehead atoms. The Morgan fingerprint density at radius 1 is 1.37 bits per heavy atom. The second-order valence-corrected chi connectivity index (χ2v) is 5.85. The molecule has 1 saturated heterocycles. The van der Waals surface area contributed by atoms with Crippen molar-refractivity contribution in [2.75, 3.05) is 12.3 Å². The second kappa shape index (κ2) is 5.43. The summed E-state index contributed by atoms with van der Waals surface area (Å²) >= 11 is 1.67. The van der Waals surface area contributed by atoms with Gasteiger partial charge in [-0.05, 0) is 43.7 Å². The van der Waals surface area contributed by atoms with Crippen LogP contribution in [-0.2, 0) is 0 Å². The Kier molecular flexibility index (Phi) is 3.66. The van der Waals surface area contributed by atoms with Crippen LogP contribution in [0.15, 0.2) is 29.3 Å². The summed E-state index contributed by atoms with van der Waals surface area (Å²) in [6.07, 6.45) is 2.27. The maximum Gasteiger partial charge on any atom is 0.188 e. The largest absolute Gasteiger partial charge is 0.308 e. The molecule has 1 N–H and O–H groups in total. The molecule has 2 heterocycles. The predicted molar refractivity (Wildman–Crippen MR) is 75.4 cm³/mol. The fourth-order valence-corrected chi connectivity index (χ4v) is 3.58. The average Bonchev–Trinajstić information content (AvgIpc) is 3.10. The summed E-state index contributed by atoms with van der Waals surface area (Å²) in [4.78, 5) is 16.8. The van der Waals surface area contributed by atoms with Gasteiger partial charge < -0.3 is 5.32 Å². The zero-order chi connectivity index (χ0) is 13.2. The fraction of sp³-hybridized carbons (Fsp3) is 0.429. The monoisotopic (exact) mass is 278 g/mol. The molecule has 3 rings (SSSR count). The van der Waals surface area contributed by atoms with Crippen molar-refractivity contribution in [1.29, 1.82) is 0 Å². The first kappa shape index (κ1) is 12.8. The van der Waals surface area contributed by atoms with Gasteiger partial charge in [-0.1, -0.05) is 0 Å². The normalized spacial score (nSPS) is 26.5. The first-order chi connectivity index (χ1) is 9.24. The van der Waals surface area contributed by atoms with Crippen molar-refractivity contribution < 1.29 is 9.18 Å². The molecule has 19 heavy (non-hydrogen) atoms. The Balaban J connectivity index is 1.72. The molecule has 3 nitrogen and oxygen atoms in total. The predicted octanol–water partition coefficient (Wildman–Crippen LogP) is 2.27. The standard InChI is InChI=1S/C14H15FN2OS/c15-10-5-3-9(4-6-10)13(18)12-8-19-14(17-12)11-2-1-7-16-11/h3-6,11-12,16H,1-2,7-8H2/t11-,12?/m0/s1. The lowest BCUT2D eigenvalue weighted by molar-refractivity contribution is 0.0971. The molecule has 0 spiro atoms. The highest BCUT2D eigenvalue weighted by Crippen LogP contribution is 2.26. The molecule has 0 amide bonds. The van der Waals surface area contributed by atoms with Crippen molar-refractivity contribution in [3.63, 3.8) is 0 Å². The number of hydrogen-bond acceptors (Lipinski definition) is 4. The van der Waals surface area contributed by atoms with Gasteiger partial charge in [-0.3, -0.25) is 9.79 Å². The third-order valence-corrected chi connectivity index (χ3v) is 4.63. The van der Waals surface area contributed by atoms with Gasteiger partial charge in [0, 0.05) is 11.3 Å². The Morgan fingerprint density at radius 3 is 2.84 bits per heavy atom. The highest BCUT2D eigenvalue weighted by molar-refractivity contribution is 8.14. The number of halogens is 1. The van der Waals surface area contributed by atoms with Crippen LogP contribution in [0.2, 0.25) is 0 Å². The number of ketones is 1. The van der Waals surface area contributed by atoms with Gasteiger partial charge in [-0.2, -0.15) is 0 Å². The van der Waals surface area contributed by atoms with E-state index in [0.29, 0.717) is 17.4 Å². The number of benzene rings is 1. The van der Waals surface area contributed by atoms with Crippen LogP contribution in [0.1, 0.15) is 23.2 Å². The number of nitrogens with zero attached hydrogens (tertiary/aromatic N) is 1. The number of carbonyl (C=O) groups excluding carboxylic acids is 1. The number of carbonyl (C=O) groups is 1. The lowest BCUT2D eigenvalue weighted by Gasteiger charge is -2.07. The zero-order valence-electron chi connectivity index (χ0n) is 10.4. The van der Waals surface area contributed by atoms with E-state index in [0.717, 1.165) is 18.0 Å². The number of rotatable bonds is 3. The molecule has 2 atom stereocenters. The van der Waals surface area contributed by atoms with Gasteiger partial charge >= 0.3 is 0 Å². The molecule has 1 unspecified atom stereocenters. The molecular formula is C14H15FN2OS. The minimum absolute atomic E-state index is 0.0134. The molecular weight excluding hydrogens is 263 g/mol. The van der Waals surface area contributed by atoms with E-state index in [2.05, 4.69) is 10.3 Å². The molecule has 100 valence electrons. The molecule has 5 heteroatoms. The van der Waals surface area contributed by atoms with Crippen LogP contribution in [0.3, 0.4) is 0 Å². The van der Waals surface area contributed by atoms with Gasteiger partial charge in [-0.15, -0.1) is 11.8 Å². The van der Waals surface area contributed by atoms with Crippen molar-refractivity contribution in [2.24, 2.45) is 4.99 Å². The van der Waals surface area contributed by atoms with Crippen molar-refractivity contribution in [3.05, 3.63) is 35.6 Å². The van der Waals surface area contributed by atoms with E-state index >= 15 is 0 Å². The van der Waals surface area contributed by atoms with E-state index < -0.39 is 0 Å². The lowest BCUT2D eigenvalue weighted by atomic mass is 10.1. The Hall–Kier alpha value is -1.20. The van der Waals surface area contributed by atoms with Gasteiger partial charge in [-0.25, -0.2) is 4.39 Å². The topological polar surface area (TPSA) is 41.5 Å². The minimum Gasteiger partial charge on any atom is -0.308 e. The number of hydrogen-bond donors (Lipinski definition) is 1. The first-order valence-electron chi connectivity index (χ1n) is 6.48. The van der Waals surface area contributed by atoms with Gasteiger partial charge in [0.1, 0.15) is 11.9 Å². The van der Waals surface area contributed by atoms with Crippen LogP contribution in [-0.4, -0.2) is 35.2 Å². The van der Waals surface area contributed by atoms with Crippen LogP contribution in [0.4, 0.5) is 4.39 Å². The van der Waals surface area contributed by atoms with Crippen molar-refractivity contribution in [3.8, 4) is 0 Å². The highest BCUT2D eigenvalue weighted by atomic mass is 32.2. The van der Waals surface area contributed by atoms with Crippen molar-refractivity contribution in [1.82, 2.24) is 5.32 Å². The molecule has 2 aliphatic rings. The Morgan fingerprint density at radius 2 is 2.16 bits per heavy atom. The first-order valence-corrected chi connectivity index (χ1v) is 7.46. The van der Waals surface area contributed by atoms with Gasteiger partial charge in [0.15, 0.2) is 5.78 Å². The highest BCUT2D eigenvalue weighted by Gasteiger charge is 2.30. The van der Waals surface area contributed by atoms with E-state index in [-0.39, 0.29) is 17.6 Å². The van der Waals surface area contributed by atoms with Crippen LogP contribution in [0.5, 0.6) is 0 Å². The van der Waals surface area contributed by atoms with E-state index in [1.165, 1.54) is 30.7 Å². The SMILES string of the molecule is O=C(c1ccc(F)cc1)C1CSC([C@@H]2CCCN2)=N1. The lowest BCUT2D eigenvalue weighted by Crippen LogP contribution is -2.28. The number of aliphatic imine (C=N–C) groups is 1. The van der Waals surface area contributed by atoms with Crippen LogP contribution >= 0.6 is 11.8 Å². The number of Topliss-reactive ketones (excluding diaryl/α,β-unsaturated/α-hetero) is 1. The molecule has 0 radical (unpaired) electrons. The maximum atomic E-state index is 12.8. The molecule has 2 aliphatic heterocycles. The van der Waals surface area contributed by atoms with Crippen LogP contribution < -0.4 is 5.32 Å². The van der Waals surface area contributed by atoms with Crippen molar-refractivity contribution >= 4 is 22.6 Å². The molecule has 0 aromatic heterocycles. The summed E-state index contributed by atoms with van der Waals surface area (Å²) in [5.41, 5.74) is 0.538. The average molecular weight is 278 g/mol. The minimum atomic E-state index is -0.323. The summed E-state index contributed by atoms with van der Waals surface area (Å²) in [5.74, 6) is 0.362. The van der Waals surface area contributed by atoms with E-state index in [1.807, 2.05) is 0 Å². The molecule has 0 aliphatic carbocycles. The summed E-state index contributed by atoms with van der Waals surface area (Å²) in [7, 11) is 0. The summed E-state index contributed by atoms with van der Waals surface area (Å²) < 4.78 is 12.8. The van der Waals surface area contributed by atoms with Crippen LogP contribution in [0, 0.1) is 5.82 Å². The Bertz CT molecular complexity index is 509. The molecule has 1 fully saturated rings. The van der Waals surface area contributed by atoms with Gasteiger partial charge in [0.05, 0.1) is 11.1 Å². The summed E-state index contributed by atoms with van der Waals surface area (Å²) in [6, 6.07) is 5.72. The van der Waals surface area contributed by atoms with Crippen molar-refractivity contribution in [2.45, 2.75) is 24.9 Å². The Labute approximate surface area is 115 Å². The van der Waals surface area contributed by atoms with Gasteiger partial charge in [0.25, 0.3) is 0 Å². The summed E-state index contributed by atoms with van der Waals surface area (Å²) in [5, 5.41) is 4.45. The zero-order valence-corrected chi connectivity index (χ0v) is 11.3. The maximum absolute atomic E-state index is 12.8. The smallest absolute Gasteiger partial charge is 0.188 e. The molecule has 1 aromatic rings. The van der Waals surface area contributed by atoms with E-state index in [1.54, 1.807) is 11.8 Å². The quantitative estimate of drug-likeness (QED) is 0.862. The molecule has 0 saturated carbocycles. The fourth-order valence-electron chi connectivity index (χ4n) is 2.42. The second-order valence-electron chi connectivity index (χ2n) is 4.81. The number of nitrogens with one attached hydrogen (secondary N) is 1. The third-order valence-electron chi connectivity index (χ3n) is 3.46. The van der Waals surface area contributed by atoms with Gasteiger partial charge in [0.2, 0.25) is 0 Å². The third kappa shape index (κ3) is 2.72. The summed E-state index contributed by atoms with van der Waals surface area (Å²) in [6.45, 7) is 1.03. The van der Waals surface area contributed by atoms with Crippen LogP contribution in [0.25, 0.3) is 0 Å². The van der Waals surface area contributed by atoms with E-state index in [4.69, 9.17) is 0 Å². The number of thioether (sulfide) groups is 1. The molecule has 1 aromatic carbocycles.